The average Bonchev–Trinajstić information content (AvgIpc) is 2.60. The second-order valence-electron chi connectivity index (χ2n) is 5.95. The molecule has 1 aliphatic rings. The molecular weight excluding hydrogens is 351 g/mol. The molecule has 1 aromatic carbocycles. The number of nitro benzene ring substituents is 1. The standard InChI is InChI=1S/C16H16F3N5O2/c1-11-9-20-10-15(21-11)23-6-4-22(5-7-23)14-3-2-12(24(25)26)8-13(14)16(17,18)19/h2-3,8-10H,4-7H2,1H3. The van der Waals surface area contributed by atoms with Crippen LogP contribution in [0.4, 0.5) is 30.4 Å². The molecule has 0 spiro atoms. The fraction of sp³-hybridized carbons (Fsp3) is 0.375. The highest BCUT2D eigenvalue weighted by atomic mass is 19.4. The third kappa shape index (κ3) is 3.68. The maximum Gasteiger partial charge on any atom is 0.418 e. The Kier molecular flexibility index (Phi) is 4.66. The smallest absolute Gasteiger partial charge is 0.367 e. The van der Waals surface area contributed by atoms with Crippen molar-refractivity contribution in [1.29, 1.82) is 0 Å². The number of nitrogens with zero attached hydrogens (tertiary/aromatic N) is 5. The molecule has 0 atom stereocenters. The van der Waals surface area contributed by atoms with E-state index in [0.717, 1.165) is 11.8 Å². The molecule has 0 unspecified atom stereocenters. The molecule has 0 aliphatic carbocycles. The number of rotatable bonds is 3. The minimum absolute atomic E-state index is 0.0434. The first-order valence-corrected chi connectivity index (χ1v) is 7.90. The molecule has 10 heteroatoms. The van der Waals surface area contributed by atoms with Crippen LogP contribution in [0.15, 0.2) is 30.6 Å². The van der Waals surface area contributed by atoms with Gasteiger partial charge in [-0.05, 0) is 13.0 Å². The van der Waals surface area contributed by atoms with Crippen LogP contribution in [0, 0.1) is 17.0 Å². The third-order valence-electron chi connectivity index (χ3n) is 4.18. The molecule has 2 aromatic rings. The van der Waals surface area contributed by atoms with Gasteiger partial charge in [0, 0.05) is 50.2 Å². The van der Waals surface area contributed by atoms with Gasteiger partial charge in [-0.1, -0.05) is 0 Å². The molecule has 0 bridgehead atoms. The Hall–Kier alpha value is -2.91. The molecule has 0 amide bonds. The van der Waals surface area contributed by atoms with Crippen LogP contribution in [-0.4, -0.2) is 41.1 Å². The van der Waals surface area contributed by atoms with Crippen LogP contribution in [0.2, 0.25) is 0 Å². The van der Waals surface area contributed by atoms with E-state index in [4.69, 9.17) is 0 Å². The summed E-state index contributed by atoms with van der Waals surface area (Å²) < 4.78 is 40.1. The summed E-state index contributed by atoms with van der Waals surface area (Å²) in [5.41, 5.74) is -0.844. The van der Waals surface area contributed by atoms with E-state index in [1.54, 1.807) is 17.3 Å². The maximum absolute atomic E-state index is 13.4. The number of alkyl halides is 3. The van der Waals surface area contributed by atoms with Crippen molar-refractivity contribution in [3.05, 3.63) is 52.0 Å². The van der Waals surface area contributed by atoms with Crippen molar-refractivity contribution in [2.45, 2.75) is 13.1 Å². The zero-order chi connectivity index (χ0) is 18.9. The van der Waals surface area contributed by atoms with Crippen LogP contribution in [-0.2, 0) is 6.18 Å². The van der Waals surface area contributed by atoms with Crippen LogP contribution in [0.3, 0.4) is 0 Å². The summed E-state index contributed by atoms with van der Waals surface area (Å²) in [6.45, 7) is 3.46. The van der Waals surface area contributed by atoms with Gasteiger partial charge in [-0.15, -0.1) is 0 Å². The summed E-state index contributed by atoms with van der Waals surface area (Å²) in [6, 6.07) is 2.86. The molecule has 0 radical (unpaired) electrons. The molecule has 26 heavy (non-hydrogen) atoms. The lowest BCUT2D eigenvalue weighted by Crippen LogP contribution is -2.47. The molecule has 138 valence electrons. The van der Waals surface area contributed by atoms with E-state index in [9.17, 15) is 23.3 Å². The first-order valence-electron chi connectivity index (χ1n) is 7.90. The number of piperazine rings is 1. The number of halogens is 3. The van der Waals surface area contributed by atoms with Gasteiger partial charge < -0.3 is 9.80 Å². The molecule has 2 heterocycles. The minimum atomic E-state index is -4.67. The van der Waals surface area contributed by atoms with E-state index < -0.39 is 22.4 Å². The van der Waals surface area contributed by atoms with Crippen molar-refractivity contribution >= 4 is 17.2 Å². The zero-order valence-electron chi connectivity index (χ0n) is 13.9. The summed E-state index contributed by atoms with van der Waals surface area (Å²) in [6.07, 6.45) is -1.41. The van der Waals surface area contributed by atoms with Crippen molar-refractivity contribution in [2.24, 2.45) is 0 Å². The minimum Gasteiger partial charge on any atom is -0.367 e. The first-order chi connectivity index (χ1) is 12.3. The Morgan fingerprint density at radius 1 is 1.12 bits per heavy atom. The van der Waals surface area contributed by atoms with Gasteiger partial charge in [0.1, 0.15) is 5.82 Å². The second kappa shape index (κ2) is 6.77. The normalized spacial score (nSPS) is 15.2. The monoisotopic (exact) mass is 367 g/mol. The SMILES string of the molecule is Cc1cncc(N2CCN(c3ccc([N+](=O)[O-])cc3C(F)(F)F)CC2)n1. The molecule has 0 N–H and O–H groups in total. The summed E-state index contributed by atoms with van der Waals surface area (Å²) in [5, 5.41) is 10.8. The number of aromatic nitrogens is 2. The predicted octanol–water partition coefficient (Wildman–Crippen LogP) is 3.04. The molecule has 1 saturated heterocycles. The fourth-order valence-electron chi connectivity index (χ4n) is 2.92. The molecule has 7 nitrogen and oxygen atoms in total. The molecule has 1 fully saturated rings. The highest BCUT2D eigenvalue weighted by Gasteiger charge is 2.37. The van der Waals surface area contributed by atoms with Crippen LogP contribution >= 0.6 is 0 Å². The summed E-state index contributed by atoms with van der Waals surface area (Å²) in [4.78, 5) is 22.0. The van der Waals surface area contributed by atoms with Crippen LogP contribution < -0.4 is 9.80 Å². The Labute approximate surface area is 147 Å². The number of hydrogen-bond donors (Lipinski definition) is 0. The predicted molar refractivity (Wildman–Crippen MR) is 89.3 cm³/mol. The molecule has 1 aromatic heterocycles. The van der Waals surface area contributed by atoms with Gasteiger partial charge >= 0.3 is 6.18 Å². The number of anilines is 2. The quantitative estimate of drug-likeness (QED) is 0.613. The van der Waals surface area contributed by atoms with Gasteiger partial charge in [0.05, 0.1) is 22.4 Å². The lowest BCUT2D eigenvalue weighted by Gasteiger charge is -2.37. The van der Waals surface area contributed by atoms with Gasteiger partial charge in [-0.25, -0.2) is 4.98 Å². The van der Waals surface area contributed by atoms with E-state index >= 15 is 0 Å². The molecule has 3 rings (SSSR count). The largest absolute Gasteiger partial charge is 0.418 e. The van der Waals surface area contributed by atoms with Gasteiger partial charge in [-0.3, -0.25) is 15.1 Å². The van der Waals surface area contributed by atoms with Crippen molar-refractivity contribution in [3.63, 3.8) is 0 Å². The Morgan fingerprint density at radius 2 is 1.77 bits per heavy atom. The number of hydrogen-bond acceptors (Lipinski definition) is 6. The summed E-state index contributed by atoms with van der Waals surface area (Å²) >= 11 is 0. The van der Waals surface area contributed by atoms with E-state index in [2.05, 4.69) is 9.97 Å². The number of non-ortho nitro benzene ring substituents is 1. The number of nitro groups is 1. The maximum atomic E-state index is 13.4. The fourth-order valence-corrected chi connectivity index (χ4v) is 2.92. The highest BCUT2D eigenvalue weighted by Crippen LogP contribution is 2.39. The van der Waals surface area contributed by atoms with Gasteiger partial charge in [0.2, 0.25) is 0 Å². The molecule has 1 aliphatic heterocycles. The summed E-state index contributed by atoms with van der Waals surface area (Å²) in [5.74, 6) is 0.685. The Morgan fingerprint density at radius 3 is 2.35 bits per heavy atom. The lowest BCUT2D eigenvalue weighted by atomic mass is 10.1. The van der Waals surface area contributed by atoms with E-state index in [1.807, 2.05) is 11.8 Å². The third-order valence-corrected chi connectivity index (χ3v) is 4.18. The van der Waals surface area contributed by atoms with E-state index in [-0.39, 0.29) is 5.69 Å². The van der Waals surface area contributed by atoms with Gasteiger partial charge in [-0.2, -0.15) is 13.2 Å². The van der Waals surface area contributed by atoms with Crippen LogP contribution in [0.25, 0.3) is 0 Å². The highest BCUT2D eigenvalue weighted by molar-refractivity contribution is 5.60. The van der Waals surface area contributed by atoms with Crippen LogP contribution in [0.1, 0.15) is 11.3 Å². The van der Waals surface area contributed by atoms with E-state index in [1.165, 1.54) is 6.07 Å². The van der Waals surface area contributed by atoms with Crippen LogP contribution in [0.5, 0.6) is 0 Å². The van der Waals surface area contributed by atoms with Gasteiger partial charge in [0.15, 0.2) is 0 Å². The van der Waals surface area contributed by atoms with E-state index in [0.29, 0.717) is 38.1 Å². The van der Waals surface area contributed by atoms with Crippen molar-refractivity contribution < 1.29 is 18.1 Å². The molecule has 0 saturated carbocycles. The Bertz CT molecular complexity index is 820. The second-order valence-corrected chi connectivity index (χ2v) is 5.95. The summed E-state index contributed by atoms with van der Waals surface area (Å²) in [7, 11) is 0. The molecular formula is C16H16F3N5O2. The zero-order valence-corrected chi connectivity index (χ0v) is 13.9. The Balaban J connectivity index is 1.82. The van der Waals surface area contributed by atoms with Crippen molar-refractivity contribution in [1.82, 2.24) is 9.97 Å². The number of aryl methyl sites for hydroxylation is 1. The van der Waals surface area contributed by atoms with Crippen molar-refractivity contribution in [2.75, 3.05) is 36.0 Å². The topological polar surface area (TPSA) is 75.4 Å². The number of benzene rings is 1. The lowest BCUT2D eigenvalue weighted by molar-refractivity contribution is -0.385. The first kappa shape index (κ1) is 17.9. The van der Waals surface area contributed by atoms with Gasteiger partial charge in [0.25, 0.3) is 5.69 Å². The van der Waals surface area contributed by atoms with Crippen molar-refractivity contribution in [3.8, 4) is 0 Å². The average molecular weight is 367 g/mol.